The highest BCUT2D eigenvalue weighted by atomic mass is 19.2. The average molecular weight is 587 g/mol. The highest BCUT2D eigenvalue weighted by Crippen LogP contribution is 2.39. The Balaban J connectivity index is 1.35. The number of unbranched alkanes of at least 4 members (excludes halogenated alkanes) is 3. The van der Waals surface area contributed by atoms with E-state index in [0.29, 0.717) is 50.0 Å². The molecule has 7 heteroatoms. The highest BCUT2D eigenvalue weighted by molar-refractivity contribution is 5.67. The van der Waals surface area contributed by atoms with Crippen molar-refractivity contribution in [2.45, 2.75) is 84.0 Å². The van der Waals surface area contributed by atoms with Crippen LogP contribution in [0.1, 0.15) is 93.4 Å². The molecule has 1 aliphatic carbocycles. The Bertz CT molecular complexity index is 1380. The molecule has 0 fully saturated rings. The smallest absolute Gasteiger partial charge is 0.200 e. The Kier molecular flexibility index (Phi) is 11.4. The lowest BCUT2D eigenvalue weighted by Crippen LogP contribution is -2.09. The maximum Gasteiger partial charge on any atom is 0.200 e. The molecule has 0 aromatic heterocycles. The fourth-order valence-corrected chi connectivity index (χ4v) is 5.37. The van der Waals surface area contributed by atoms with E-state index in [1.165, 1.54) is 24.3 Å². The van der Waals surface area contributed by atoms with Gasteiger partial charge in [0.1, 0.15) is 5.82 Å². The maximum atomic E-state index is 15.0. The molecule has 4 rings (SSSR count). The average Bonchev–Trinajstić information content (AvgIpc) is 3.00. The third-order valence-electron chi connectivity index (χ3n) is 7.86. The molecule has 2 nitrogen and oxygen atoms in total. The fraction of sp³-hybridized carbons (Fsp3) is 0.429. The minimum atomic E-state index is -1.01. The quantitative estimate of drug-likeness (QED) is 0.138. The van der Waals surface area contributed by atoms with Gasteiger partial charge in [0, 0.05) is 0 Å². The van der Waals surface area contributed by atoms with E-state index in [1.807, 2.05) is 19.1 Å². The summed E-state index contributed by atoms with van der Waals surface area (Å²) in [7, 11) is 0. The maximum absolute atomic E-state index is 15.0. The standard InChI is InChI=1S/C35H39F5O2/c1-3-5-6-7-21-42-30-18-16-26(32(37)34(30)39)14-12-25-13-15-27(22-29(25)36)23-8-10-24(11-9-23)28-17-19-31(41-20-4-2)35(40)33(28)38/h8,13,15-19,22,24H,3-7,9-12,14,20-21H2,1-2H3. The van der Waals surface area contributed by atoms with Gasteiger partial charge in [-0.05, 0) is 96.9 Å². The van der Waals surface area contributed by atoms with Crippen LogP contribution in [-0.2, 0) is 12.8 Å². The van der Waals surface area contributed by atoms with Gasteiger partial charge in [0.25, 0.3) is 0 Å². The fourth-order valence-electron chi connectivity index (χ4n) is 5.37. The molecule has 226 valence electrons. The van der Waals surface area contributed by atoms with Gasteiger partial charge in [0.05, 0.1) is 13.2 Å². The Morgan fingerprint density at radius 3 is 2.07 bits per heavy atom. The van der Waals surface area contributed by atoms with Crippen molar-refractivity contribution in [3.63, 3.8) is 0 Å². The van der Waals surface area contributed by atoms with Gasteiger partial charge in [0.15, 0.2) is 23.1 Å². The minimum absolute atomic E-state index is 0.0761. The van der Waals surface area contributed by atoms with Crippen molar-refractivity contribution in [1.29, 1.82) is 0 Å². The van der Waals surface area contributed by atoms with Crippen molar-refractivity contribution in [2.75, 3.05) is 13.2 Å². The zero-order valence-corrected chi connectivity index (χ0v) is 24.4. The third kappa shape index (κ3) is 7.73. The van der Waals surface area contributed by atoms with Crippen molar-refractivity contribution in [3.8, 4) is 11.5 Å². The Hall–Kier alpha value is -3.35. The first kappa shape index (κ1) is 31.6. The van der Waals surface area contributed by atoms with E-state index in [0.717, 1.165) is 36.8 Å². The molecule has 3 aromatic carbocycles. The normalized spacial score (nSPS) is 15.0. The van der Waals surface area contributed by atoms with Crippen LogP contribution in [0.2, 0.25) is 0 Å². The molecular weight excluding hydrogens is 547 g/mol. The van der Waals surface area contributed by atoms with Crippen LogP contribution >= 0.6 is 0 Å². The molecule has 0 bridgehead atoms. The first-order chi connectivity index (χ1) is 20.3. The van der Waals surface area contributed by atoms with E-state index in [-0.39, 0.29) is 35.8 Å². The van der Waals surface area contributed by atoms with Gasteiger partial charge < -0.3 is 9.47 Å². The van der Waals surface area contributed by atoms with Crippen molar-refractivity contribution < 1.29 is 31.4 Å². The van der Waals surface area contributed by atoms with Crippen LogP contribution in [0, 0.1) is 29.1 Å². The predicted octanol–water partition coefficient (Wildman–Crippen LogP) is 10.3. The summed E-state index contributed by atoms with van der Waals surface area (Å²) in [4.78, 5) is 0. The van der Waals surface area contributed by atoms with Gasteiger partial charge in [-0.25, -0.2) is 13.2 Å². The second-order valence-corrected chi connectivity index (χ2v) is 10.9. The summed E-state index contributed by atoms with van der Waals surface area (Å²) in [5, 5.41) is 0. The van der Waals surface area contributed by atoms with Crippen LogP contribution in [0.15, 0.2) is 48.5 Å². The number of hydrogen-bond acceptors (Lipinski definition) is 2. The summed E-state index contributed by atoms with van der Waals surface area (Å²) in [5.41, 5.74) is 2.57. The summed E-state index contributed by atoms with van der Waals surface area (Å²) in [6, 6.07) is 10.9. The summed E-state index contributed by atoms with van der Waals surface area (Å²) >= 11 is 0. The summed E-state index contributed by atoms with van der Waals surface area (Å²) in [6.45, 7) is 4.64. The van der Waals surface area contributed by atoms with Crippen LogP contribution in [0.25, 0.3) is 5.57 Å². The summed E-state index contributed by atoms with van der Waals surface area (Å²) in [6.07, 6.45) is 8.62. The first-order valence-electron chi connectivity index (χ1n) is 15.0. The van der Waals surface area contributed by atoms with Gasteiger partial charge in [-0.15, -0.1) is 0 Å². The Labute approximate surface area is 245 Å². The number of rotatable bonds is 14. The Morgan fingerprint density at radius 2 is 1.38 bits per heavy atom. The van der Waals surface area contributed by atoms with E-state index in [9.17, 15) is 17.6 Å². The highest BCUT2D eigenvalue weighted by Gasteiger charge is 2.24. The molecule has 1 aliphatic rings. The molecule has 0 aliphatic heterocycles. The topological polar surface area (TPSA) is 18.5 Å². The second kappa shape index (κ2) is 15.2. The van der Waals surface area contributed by atoms with Crippen molar-refractivity contribution in [1.82, 2.24) is 0 Å². The molecule has 0 heterocycles. The van der Waals surface area contributed by atoms with E-state index in [1.54, 1.807) is 12.1 Å². The number of ether oxygens (including phenoxy) is 2. The molecule has 0 saturated heterocycles. The van der Waals surface area contributed by atoms with Crippen LogP contribution in [0.5, 0.6) is 11.5 Å². The molecule has 0 spiro atoms. The first-order valence-corrected chi connectivity index (χ1v) is 15.0. The third-order valence-corrected chi connectivity index (χ3v) is 7.86. The zero-order valence-electron chi connectivity index (χ0n) is 24.4. The predicted molar refractivity (Wildman–Crippen MR) is 157 cm³/mol. The van der Waals surface area contributed by atoms with E-state index in [4.69, 9.17) is 9.47 Å². The SMILES string of the molecule is CCCCCCOc1ccc(CCc2ccc(C3=CCC(c4ccc(OCCC)c(F)c4F)CC3)cc2F)c(F)c1F. The van der Waals surface area contributed by atoms with Gasteiger partial charge in [0.2, 0.25) is 11.6 Å². The van der Waals surface area contributed by atoms with Crippen LogP contribution < -0.4 is 9.47 Å². The van der Waals surface area contributed by atoms with Crippen LogP contribution in [-0.4, -0.2) is 13.2 Å². The number of benzene rings is 3. The molecule has 0 N–H and O–H groups in total. The number of hydrogen-bond donors (Lipinski definition) is 0. The van der Waals surface area contributed by atoms with Crippen molar-refractivity contribution in [2.24, 2.45) is 0 Å². The van der Waals surface area contributed by atoms with Crippen molar-refractivity contribution >= 4 is 5.57 Å². The summed E-state index contributed by atoms with van der Waals surface area (Å²) in [5.74, 6) is -4.58. The van der Waals surface area contributed by atoms with Crippen LogP contribution in [0.3, 0.4) is 0 Å². The lowest BCUT2D eigenvalue weighted by molar-refractivity contribution is 0.284. The lowest BCUT2D eigenvalue weighted by Gasteiger charge is -2.23. The number of aryl methyl sites for hydroxylation is 2. The molecular formula is C35H39F5O2. The zero-order chi connectivity index (χ0) is 30.1. The molecule has 3 aromatic rings. The van der Waals surface area contributed by atoms with Gasteiger partial charge in [-0.3, -0.25) is 0 Å². The molecule has 0 saturated carbocycles. The van der Waals surface area contributed by atoms with Gasteiger partial charge in [-0.1, -0.05) is 63.5 Å². The number of allylic oxidation sites excluding steroid dienone is 2. The molecule has 0 amide bonds. The minimum Gasteiger partial charge on any atom is -0.490 e. The Morgan fingerprint density at radius 1 is 0.690 bits per heavy atom. The molecule has 1 atom stereocenters. The molecule has 42 heavy (non-hydrogen) atoms. The second-order valence-electron chi connectivity index (χ2n) is 10.9. The van der Waals surface area contributed by atoms with Crippen LogP contribution in [0.4, 0.5) is 22.0 Å². The van der Waals surface area contributed by atoms with Crippen molar-refractivity contribution in [3.05, 3.63) is 99.9 Å². The molecule has 0 radical (unpaired) electrons. The monoisotopic (exact) mass is 586 g/mol. The number of halogens is 5. The van der Waals surface area contributed by atoms with Gasteiger partial charge >= 0.3 is 0 Å². The van der Waals surface area contributed by atoms with E-state index < -0.39 is 29.1 Å². The van der Waals surface area contributed by atoms with E-state index in [2.05, 4.69) is 6.92 Å². The van der Waals surface area contributed by atoms with E-state index >= 15 is 4.39 Å². The molecule has 1 unspecified atom stereocenters. The summed E-state index contributed by atoms with van der Waals surface area (Å²) < 4.78 is 84.1. The largest absolute Gasteiger partial charge is 0.490 e. The van der Waals surface area contributed by atoms with Gasteiger partial charge in [-0.2, -0.15) is 8.78 Å². The lowest BCUT2D eigenvalue weighted by atomic mass is 9.82.